The van der Waals surface area contributed by atoms with Crippen LogP contribution in [0.25, 0.3) is 6.08 Å². The molecule has 232 valence electrons. The number of allylic oxidation sites excluding steroid dienone is 1. The lowest BCUT2D eigenvalue weighted by Crippen LogP contribution is -2.40. The summed E-state index contributed by atoms with van der Waals surface area (Å²) in [5.74, 6) is -0.205. The average molecular weight is 666 g/mol. The molecule has 11 nitrogen and oxygen atoms in total. The molecule has 1 aliphatic heterocycles. The molecule has 0 spiro atoms. The summed E-state index contributed by atoms with van der Waals surface area (Å²) in [6.07, 6.45) is 1.15. The molecule has 45 heavy (non-hydrogen) atoms. The number of hydrogen-bond acceptors (Lipinski definition) is 11. The van der Waals surface area contributed by atoms with Crippen LogP contribution < -0.4 is 19.6 Å². The number of thiazole rings is 1. The SMILES string of the molecule is COc1ccc(Cl)cc1[C@@H]1C(C(=O)OC(C)C)=C(C)N=c2s/c(=C\c3ccc(Sc4nc(C)cc(C)n4)c([N+](=O)[O-])c3)c(=O)n21. The van der Waals surface area contributed by atoms with Crippen LogP contribution >= 0.6 is 34.7 Å². The highest BCUT2D eigenvalue weighted by Crippen LogP contribution is 2.38. The quantitative estimate of drug-likeness (QED) is 0.106. The van der Waals surface area contributed by atoms with E-state index in [2.05, 4.69) is 15.0 Å². The van der Waals surface area contributed by atoms with Crippen LogP contribution in [0.4, 0.5) is 5.69 Å². The zero-order valence-corrected chi connectivity index (χ0v) is 27.5. The van der Waals surface area contributed by atoms with Crippen molar-refractivity contribution in [2.24, 2.45) is 4.99 Å². The van der Waals surface area contributed by atoms with Crippen molar-refractivity contribution in [2.75, 3.05) is 7.11 Å². The van der Waals surface area contributed by atoms with E-state index in [0.717, 1.165) is 34.5 Å². The van der Waals surface area contributed by atoms with Crippen LogP contribution in [-0.2, 0) is 9.53 Å². The maximum absolute atomic E-state index is 14.1. The van der Waals surface area contributed by atoms with Crippen LogP contribution in [0.1, 0.15) is 49.3 Å². The summed E-state index contributed by atoms with van der Waals surface area (Å²) >= 11 is 8.57. The molecule has 3 heterocycles. The molecule has 0 aliphatic carbocycles. The Morgan fingerprint density at radius 2 is 1.84 bits per heavy atom. The molecule has 0 amide bonds. The van der Waals surface area contributed by atoms with Crippen LogP contribution in [0.3, 0.4) is 0 Å². The molecule has 0 saturated heterocycles. The number of nitro groups is 1. The lowest BCUT2D eigenvalue weighted by molar-refractivity contribution is -0.387. The van der Waals surface area contributed by atoms with Gasteiger partial charge in [0.05, 0.1) is 38.8 Å². The molecule has 0 unspecified atom stereocenters. The first-order valence-electron chi connectivity index (χ1n) is 13.7. The maximum atomic E-state index is 14.1. The number of aryl methyl sites for hydroxylation is 2. The smallest absolute Gasteiger partial charge is 0.338 e. The highest BCUT2D eigenvalue weighted by molar-refractivity contribution is 7.99. The summed E-state index contributed by atoms with van der Waals surface area (Å²) in [6.45, 7) is 8.80. The van der Waals surface area contributed by atoms with Crippen LogP contribution in [0, 0.1) is 24.0 Å². The summed E-state index contributed by atoms with van der Waals surface area (Å²) in [6, 6.07) is 10.5. The summed E-state index contributed by atoms with van der Waals surface area (Å²) in [7, 11) is 1.49. The number of esters is 1. The number of nitrogens with zero attached hydrogens (tertiary/aromatic N) is 5. The van der Waals surface area contributed by atoms with E-state index in [1.807, 2.05) is 19.9 Å². The third-order valence-electron chi connectivity index (χ3n) is 6.71. The molecule has 14 heteroatoms. The molecule has 5 rings (SSSR count). The van der Waals surface area contributed by atoms with Crippen molar-refractivity contribution in [1.29, 1.82) is 0 Å². The first-order chi connectivity index (χ1) is 21.4. The molecule has 0 radical (unpaired) electrons. The fourth-order valence-electron chi connectivity index (χ4n) is 4.92. The molecule has 0 bridgehead atoms. The second kappa shape index (κ2) is 13.0. The predicted octanol–water partition coefficient (Wildman–Crippen LogP) is 5.32. The Labute approximate surface area is 271 Å². The van der Waals surface area contributed by atoms with Crippen molar-refractivity contribution in [3.05, 3.63) is 111 Å². The van der Waals surface area contributed by atoms with Gasteiger partial charge in [-0.05, 0) is 88.4 Å². The Balaban J connectivity index is 1.65. The van der Waals surface area contributed by atoms with Crippen LogP contribution in [-0.4, -0.2) is 38.6 Å². The van der Waals surface area contributed by atoms with Crippen molar-refractivity contribution in [3.63, 3.8) is 0 Å². The Bertz CT molecular complexity index is 2050. The van der Waals surface area contributed by atoms with Crippen LogP contribution in [0.2, 0.25) is 5.02 Å². The molecule has 2 aromatic heterocycles. The molecule has 0 saturated carbocycles. The van der Waals surface area contributed by atoms with E-state index in [1.165, 1.54) is 17.7 Å². The number of benzene rings is 2. The molecule has 1 aliphatic rings. The van der Waals surface area contributed by atoms with Gasteiger partial charge in [0.2, 0.25) is 0 Å². The summed E-state index contributed by atoms with van der Waals surface area (Å²) in [5, 5.41) is 12.8. The molecule has 4 aromatic rings. The summed E-state index contributed by atoms with van der Waals surface area (Å²) in [4.78, 5) is 53.1. The fourth-order valence-corrected chi connectivity index (χ4v) is 7.09. The Kier molecular flexibility index (Phi) is 9.23. The number of aromatic nitrogens is 3. The molecule has 2 aromatic carbocycles. The van der Waals surface area contributed by atoms with Crippen molar-refractivity contribution in [2.45, 2.75) is 56.8 Å². The van der Waals surface area contributed by atoms with E-state index >= 15 is 0 Å². The molecule has 1 atom stereocenters. The number of nitro benzene ring substituents is 1. The standard InChI is InChI=1S/C31H28ClN5O6S2/c1-15(2)43-29(39)26-18(5)35-31-36(27(26)21-14-20(32)8-9-23(21)42-6)28(38)25(45-31)13-19-7-10-24(22(12-19)37(40)41)44-30-33-16(3)11-17(4)34-30/h7-15,27H,1-6H3/b25-13-/t27-/m1/s1. The van der Waals surface area contributed by atoms with Crippen molar-refractivity contribution >= 4 is 52.4 Å². The zero-order valence-electron chi connectivity index (χ0n) is 25.2. The fraction of sp³-hybridized carbons (Fsp3) is 0.258. The van der Waals surface area contributed by atoms with Gasteiger partial charge in [0, 0.05) is 28.0 Å². The van der Waals surface area contributed by atoms with Gasteiger partial charge in [-0.15, -0.1) is 0 Å². The monoisotopic (exact) mass is 665 g/mol. The lowest BCUT2D eigenvalue weighted by Gasteiger charge is -2.26. The lowest BCUT2D eigenvalue weighted by atomic mass is 9.95. The van der Waals surface area contributed by atoms with Gasteiger partial charge in [0.25, 0.3) is 11.2 Å². The van der Waals surface area contributed by atoms with E-state index in [0.29, 0.717) is 42.4 Å². The van der Waals surface area contributed by atoms with Gasteiger partial charge in [-0.3, -0.25) is 19.5 Å². The first-order valence-corrected chi connectivity index (χ1v) is 15.7. The largest absolute Gasteiger partial charge is 0.496 e. The highest BCUT2D eigenvalue weighted by Gasteiger charge is 2.35. The van der Waals surface area contributed by atoms with Crippen LogP contribution in [0.15, 0.2) is 73.6 Å². The van der Waals surface area contributed by atoms with E-state index < -0.39 is 28.6 Å². The number of carbonyl (C=O) groups is 1. The van der Waals surface area contributed by atoms with Gasteiger partial charge in [-0.2, -0.15) is 0 Å². The average Bonchev–Trinajstić information content (AvgIpc) is 3.25. The van der Waals surface area contributed by atoms with E-state index in [9.17, 15) is 19.7 Å². The summed E-state index contributed by atoms with van der Waals surface area (Å²) < 4.78 is 12.8. The Morgan fingerprint density at radius 1 is 1.13 bits per heavy atom. The Hall–Kier alpha value is -4.33. The molecule has 0 fully saturated rings. The molecular formula is C31H28ClN5O6S2. The van der Waals surface area contributed by atoms with Crippen molar-refractivity contribution < 1.29 is 19.2 Å². The number of fused-ring (bicyclic) bond motifs is 1. The molecular weight excluding hydrogens is 638 g/mol. The topological polar surface area (TPSA) is 139 Å². The van der Waals surface area contributed by atoms with E-state index in [1.54, 1.807) is 57.2 Å². The van der Waals surface area contributed by atoms with Crippen molar-refractivity contribution in [1.82, 2.24) is 14.5 Å². The first kappa shape index (κ1) is 32.1. The number of ether oxygens (including phenoxy) is 2. The zero-order chi connectivity index (χ0) is 32.6. The van der Waals surface area contributed by atoms with Gasteiger partial charge >= 0.3 is 5.97 Å². The van der Waals surface area contributed by atoms with E-state index in [4.69, 9.17) is 21.1 Å². The minimum atomic E-state index is -0.950. The predicted molar refractivity (Wildman–Crippen MR) is 172 cm³/mol. The van der Waals surface area contributed by atoms with Gasteiger partial charge in [-0.25, -0.2) is 19.8 Å². The third-order valence-corrected chi connectivity index (χ3v) is 8.86. The number of carbonyl (C=O) groups excluding carboxylic acids is 1. The third kappa shape index (κ3) is 6.70. The van der Waals surface area contributed by atoms with Gasteiger partial charge < -0.3 is 9.47 Å². The summed E-state index contributed by atoms with van der Waals surface area (Å²) in [5.41, 5.74) is 2.38. The Morgan fingerprint density at radius 3 is 2.49 bits per heavy atom. The molecule has 0 N–H and O–H groups in total. The highest BCUT2D eigenvalue weighted by atomic mass is 35.5. The second-order valence-corrected chi connectivity index (χ2v) is 12.9. The number of halogens is 1. The normalized spacial score (nSPS) is 14.8. The minimum Gasteiger partial charge on any atom is -0.496 e. The van der Waals surface area contributed by atoms with Gasteiger partial charge in [-0.1, -0.05) is 29.0 Å². The van der Waals surface area contributed by atoms with Crippen molar-refractivity contribution in [3.8, 4) is 5.75 Å². The van der Waals surface area contributed by atoms with Crippen LogP contribution in [0.5, 0.6) is 5.75 Å². The maximum Gasteiger partial charge on any atom is 0.338 e. The van der Waals surface area contributed by atoms with Gasteiger partial charge in [0.1, 0.15) is 11.8 Å². The number of rotatable bonds is 8. The minimum absolute atomic E-state index is 0.152. The number of hydrogen-bond donors (Lipinski definition) is 0. The van der Waals surface area contributed by atoms with Gasteiger partial charge in [0.15, 0.2) is 9.96 Å². The second-order valence-electron chi connectivity index (χ2n) is 10.4. The van der Waals surface area contributed by atoms with E-state index in [-0.39, 0.29) is 15.8 Å². The number of methoxy groups -OCH3 is 1.